The Balaban J connectivity index is 1.34. The second-order valence-corrected chi connectivity index (χ2v) is 28.1. The highest BCUT2D eigenvalue weighted by Gasteiger charge is 2.37. The molecular formula is C41H64N8O4Si2. The van der Waals surface area contributed by atoms with Crippen LogP contribution >= 0.6 is 0 Å². The van der Waals surface area contributed by atoms with E-state index in [1.165, 1.54) is 10.2 Å². The van der Waals surface area contributed by atoms with Crippen LogP contribution in [0.4, 0.5) is 11.6 Å². The lowest BCUT2D eigenvalue weighted by atomic mass is 10.0. The maximum absolute atomic E-state index is 13.2. The van der Waals surface area contributed by atoms with Crippen LogP contribution in [0.25, 0.3) is 22.5 Å². The van der Waals surface area contributed by atoms with Gasteiger partial charge in [-0.2, -0.15) is 0 Å². The minimum Gasteiger partial charge on any atom is -0.490 e. The number of benzene rings is 1. The van der Waals surface area contributed by atoms with E-state index in [9.17, 15) is 4.79 Å². The van der Waals surface area contributed by atoms with Gasteiger partial charge >= 0.3 is 0 Å². The van der Waals surface area contributed by atoms with E-state index in [2.05, 4.69) is 112 Å². The molecule has 4 heterocycles. The first-order valence-electron chi connectivity index (χ1n) is 19.6. The standard InChI is InChI=1S/C41H64N8O4Si2/c1-31(17-23-52-55(10,11)41(2,3)4)53-36-26-38(43-27-34(36)33-14-12-32(13-15-33)28-48-21-19-46(5)20-22-48)44-37-16-18-42-39(45-37)35-29-49(47(6)40(35)50)30-51-24-25-54(7,8)9/h12-16,18,26-27,29,31H,17,19-25,28,30H2,1-11H3,(H,42,43,44,45). The second-order valence-electron chi connectivity index (χ2n) is 17.7. The Morgan fingerprint density at radius 2 is 1.62 bits per heavy atom. The van der Waals surface area contributed by atoms with Gasteiger partial charge in [-0.3, -0.25) is 19.1 Å². The van der Waals surface area contributed by atoms with E-state index in [-0.39, 0.29) is 23.4 Å². The quantitative estimate of drug-likeness (QED) is 0.0845. The average molecular weight is 789 g/mol. The van der Waals surface area contributed by atoms with Gasteiger partial charge in [0.15, 0.2) is 14.1 Å². The fourth-order valence-corrected chi connectivity index (χ4v) is 7.75. The summed E-state index contributed by atoms with van der Waals surface area (Å²) in [5.74, 6) is 2.13. The lowest BCUT2D eigenvalue weighted by Crippen LogP contribution is -2.43. The molecule has 0 spiro atoms. The van der Waals surface area contributed by atoms with Gasteiger partial charge in [-0.1, -0.05) is 64.7 Å². The Morgan fingerprint density at radius 1 is 0.909 bits per heavy atom. The van der Waals surface area contributed by atoms with E-state index < -0.39 is 16.4 Å². The lowest BCUT2D eigenvalue weighted by molar-refractivity contribution is 0.0703. The van der Waals surface area contributed by atoms with Gasteiger partial charge in [-0.25, -0.2) is 15.0 Å². The van der Waals surface area contributed by atoms with E-state index in [4.69, 9.17) is 23.9 Å². The third-order valence-corrected chi connectivity index (χ3v) is 17.1. The topological polar surface area (TPSA) is 112 Å². The molecule has 4 aromatic rings. The molecule has 1 atom stereocenters. The summed E-state index contributed by atoms with van der Waals surface area (Å²) in [5.41, 5.74) is 3.45. The van der Waals surface area contributed by atoms with Crippen molar-refractivity contribution in [3.8, 4) is 28.3 Å². The summed E-state index contributed by atoms with van der Waals surface area (Å²) in [6.45, 7) is 27.3. The molecule has 55 heavy (non-hydrogen) atoms. The predicted octanol–water partition coefficient (Wildman–Crippen LogP) is 7.69. The maximum Gasteiger partial charge on any atom is 0.277 e. The molecule has 0 amide bonds. The summed E-state index contributed by atoms with van der Waals surface area (Å²) < 4.78 is 22.4. The maximum atomic E-state index is 13.2. The molecular weight excluding hydrogens is 725 g/mol. The van der Waals surface area contributed by atoms with Crippen LogP contribution in [0.3, 0.4) is 0 Å². The lowest BCUT2D eigenvalue weighted by Gasteiger charge is -2.36. The minimum absolute atomic E-state index is 0.0966. The van der Waals surface area contributed by atoms with Crippen LogP contribution in [0.2, 0.25) is 43.8 Å². The number of likely N-dealkylation sites (N-methyl/N-ethyl adjacent to an activating group) is 1. The zero-order valence-corrected chi connectivity index (χ0v) is 37.1. The molecule has 0 aliphatic carbocycles. The van der Waals surface area contributed by atoms with E-state index >= 15 is 0 Å². The molecule has 0 bridgehead atoms. The van der Waals surface area contributed by atoms with Crippen molar-refractivity contribution in [1.29, 1.82) is 0 Å². The zero-order chi connectivity index (χ0) is 40.0. The first-order valence-corrected chi connectivity index (χ1v) is 26.3. The number of pyridine rings is 1. The fourth-order valence-electron chi connectivity index (χ4n) is 5.93. The number of hydrogen-bond acceptors (Lipinski definition) is 10. The number of nitrogens with one attached hydrogen (secondary N) is 1. The smallest absolute Gasteiger partial charge is 0.277 e. The van der Waals surface area contributed by atoms with Crippen molar-refractivity contribution in [2.45, 2.75) is 97.3 Å². The molecule has 3 aromatic heterocycles. The molecule has 14 heteroatoms. The minimum atomic E-state index is -1.87. The van der Waals surface area contributed by atoms with Crippen LogP contribution < -0.4 is 15.6 Å². The predicted molar refractivity (Wildman–Crippen MR) is 228 cm³/mol. The van der Waals surface area contributed by atoms with Crippen molar-refractivity contribution in [3.05, 3.63) is 70.9 Å². The van der Waals surface area contributed by atoms with Crippen molar-refractivity contribution in [3.63, 3.8) is 0 Å². The largest absolute Gasteiger partial charge is 0.490 e. The molecule has 1 fully saturated rings. The number of nitrogens with zero attached hydrogens (tertiary/aromatic N) is 7. The van der Waals surface area contributed by atoms with Crippen molar-refractivity contribution < 1.29 is 13.9 Å². The molecule has 12 nitrogen and oxygen atoms in total. The van der Waals surface area contributed by atoms with Crippen molar-refractivity contribution in [1.82, 2.24) is 34.1 Å². The summed E-state index contributed by atoms with van der Waals surface area (Å²) in [6.07, 6.45) is 5.91. The Labute approximate surface area is 330 Å². The summed E-state index contributed by atoms with van der Waals surface area (Å²) in [7, 11) is 0.820. The molecule has 1 aromatic carbocycles. The number of rotatable bonds is 17. The highest BCUT2D eigenvalue weighted by atomic mass is 28.4. The second kappa shape index (κ2) is 18.1. The van der Waals surface area contributed by atoms with Gasteiger partial charge < -0.3 is 24.1 Å². The highest BCUT2D eigenvalue weighted by Crippen LogP contribution is 2.37. The van der Waals surface area contributed by atoms with E-state index in [1.807, 2.05) is 12.3 Å². The molecule has 5 rings (SSSR count). The van der Waals surface area contributed by atoms with Crippen LogP contribution in [-0.2, 0) is 29.5 Å². The molecule has 1 unspecified atom stereocenters. The molecule has 0 radical (unpaired) electrons. The molecule has 0 saturated carbocycles. The SMILES string of the molecule is CC(CCO[Si](C)(C)C(C)(C)C)Oc1cc(Nc2ccnc(-c3cn(COCC[Si](C)(C)C)n(C)c3=O)n2)ncc1-c1ccc(CN2CCN(C)CC2)cc1. The van der Waals surface area contributed by atoms with Crippen LogP contribution in [0, 0.1) is 0 Å². The van der Waals surface area contributed by atoms with Crippen molar-refractivity contribution in [2.75, 3.05) is 51.8 Å². The van der Waals surface area contributed by atoms with Gasteiger partial charge in [0, 0.05) is 97.7 Å². The van der Waals surface area contributed by atoms with Crippen LogP contribution in [-0.4, -0.2) is 103 Å². The van der Waals surface area contributed by atoms with E-state index in [0.717, 1.165) is 62.1 Å². The first kappa shape index (κ1) is 42.5. The van der Waals surface area contributed by atoms with Gasteiger partial charge in [0.05, 0.1) is 6.10 Å². The van der Waals surface area contributed by atoms with Gasteiger partial charge in [-0.15, -0.1) is 0 Å². The monoisotopic (exact) mass is 788 g/mol. The van der Waals surface area contributed by atoms with Crippen LogP contribution in [0.15, 0.2) is 59.8 Å². The fraction of sp³-hybridized carbons (Fsp3) is 0.561. The number of hydrogen-bond donors (Lipinski definition) is 1. The summed E-state index contributed by atoms with van der Waals surface area (Å²) in [6, 6.07) is 13.5. The Kier molecular flexibility index (Phi) is 14.0. The summed E-state index contributed by atoms with van der Waals surface area (Å²) in [5, 5.41) is 3.48. The van der Waals surface area contributed by atoms with E-state index in [1.54, 1.807) is 30.2 Å². The number of piperazine rings is 1. The molecule has 1 saturated heterocycles. The molecule has 1 aliphatic rings. The Morgan fingerprint density at radius 3 is 2.29 bits per heavy atom. The van der Waals surface area contributed by atoms with Gasteiger partial charge in [-0.05, 0) is 55.3 Å². The zero-order valence-electron chi connectivity index (χ0n) is 35.1. The molecule has 300 valence electrons. The van der Waals surface area contributed by atoms with Gasteiger partial charge in [0.1, 0.15) is 29.7 Å². The molecule has 1 N–H and O–H groups in total. The Bertz CT molecular complexity index is 1910. The first-order chi connectivity index (χ1) is 25.9. The average Bonchev–Trinajstić information content (AvgIpc) is 3.40. The summed E-state index contributed by atoms with van der Waals surface area (Å²) in [4.78, 5) is 32.1. The van der Waals surface area contributed by atoms with Crippen molar-refractivity contribution in [2.24, 2.45) is 7.05 Å². The Hall–Kier alpha value is -3.67. The number of ether oxygens (including phenoxy) is 2. The summed E-state index contributed by atoms with van der Waals surface area (Å²) >= 11 is 0. The third-order valence-electron chi connectivity index (χ3n) is 10.8. The van der Waals surface area contributed by atoms with Crippen LogP contribution in [0.1, 0.15) is 39.7 Å². The van der Waals surface area contributed by atoms with E-state index in [0.29, 0.717) is 36.2 Å². The third kappa shape index (κ3) is 11.9. The van der Waals surface area contributed by atoms with Gasteiger partial charge in [0.2, 0.25) is 0 Å². The van der Waals surface area contributed by atoms with Crippen LogP contribution in [0.5, 0.6) is 5.75 Å². The van der Waals surface area contributed by atoms with Gasteiger partial charge in [0.25, 0.3) is 5.56 Å². The highest BCUT2D eigenvalue weighted by molar-refractivity contribution is 6.76. The number of aromatic nitrogens is 5. The molecule has 1 aliphatic heterocycles. The van der Waals surface area contributed by atoms with Crippen molar-refractivity contribution >= 4 is 28.0 Å². The normalized spacial score (nSPS) is 15.3. The number of anilines is 2.